The van der Waals surface area contributed by atoms with Gasteiger partial charge in [-0.2, -0.15) is 0 Å². The Bertz CT molecular complexity index is 1480. The molecule has 3 amide bonds. The van der Waals surface area contributed by atoms with E-state index in [9.17, 15) is 19.5 Å². The summed E-state index contributed by atoms with van der Waals surface area (Å²) in [6.45, 7) is 6.06. The molecule has 0 radical (unpaired) electrons. The first-order valence-corrected chi connectivity index (χ1v) is 18.4. The highest BCUT2D eigenvalue weighted by atomic mass is 35.5. The summed E-state index contributed by atoms with van der Waals surface area (Å²) in [4.78, 5) is 41.9. The zero-order valence-corrected chi connectivity index (χ0v) is 29.9. The van der Waals surface area contributed by atoms with Crippen LogP contribution in [0.3, 0.4) is 0 Å². The van der Waals surface area contributed by atoms with Gasteiger partial charge in [-0.1, -0.05) is 84.4 Å². The Morgan fingerprint density at radius 1 is 0.880 bits per heavy atom. The molecular weight excluding hydrogens is 652 g/mol. The van der Waals surface area contributed by atoms with Crippen LogP contribution < -0.4 is 10.6 Å². The van der Waals surface area contributed by atoms with Crippen LogP contribution in [-0.4, -0.2) is 84.7 Å². The topological polar surface area (TPSA) is 111 Å². The zero-order valence-electron chi connectivity index (χ0n) is 29.1. The maximum Gasteiger partial charge on any atom is 0.315 e. The molecule has 9 nitrogen and oxygen atoms in total. The summed E-state index contributed by atoms with van der Waals surface area (Å²) in [5.41, 5.74) is 1.93. The van der Waals surface area contributed by atoms with E-state index in [0.717, 1.165) is 49.2 Å². The SMILES string of the molecule is CCOC(=O)CCC(=O)N1CCC(NC(=O)NCC(CCCN2CCC(O)(c3ccc(Cl)cc3)CC2)(c2ccccc2)c2ccccc2)CC1. The highest BCUT2D eigenvalue weighted by molar-refractivity contribution is 6.30. The molecule has 2 saturated heterocycles. The minimum Gasteiger partial charge on any atom is -0.466 e. The molecule has 3 aromatic carbocycles. The van der Waals surface area contributed by atoms with Crippen LogP contribution in [0.5, 0.6) is 0 Å². The first-order valence-electron chi connectivity index (χ1n) is 18.0. The van der Waals surface area contributed by atoms with Gasteiger partial charge < -0.3 is 30.3 Å². The number of amides is 3. The van der Waals surface area contributed by atoms with Crippen LogP contribution in [-0.2, 0) is 25.3 Å². The van der Waals surface area contributed by atoms with Crippen molar-refractivity contribution >= 4 is 29.5 Å². The Kier molecular flexibility index (Phi) is 13.3. The van der Waals surface area contributed by atoms with Crippen LogP contribution in [0, 0.1) is 0 Å². The average Bonchev–Trinajstić information content (AvgIpc) is 3.14. The largest absolute Gasteiger partial charge is 0.466 e. The highest BCUT2D eigenvalue weighted by Crippen LogP contribution is 2.38. The van der Waals surface area contributed by atoms with Crippen molar-refractivity contribution in [3.63, 3.8) is 0 Å². The molecule has 10 heteroatoms. The Morgan fingerprint density at radius 3 is 2.06 bits per heavy atom. The Morgan fingerprint density at radius 2 is 1.48 bits per heavy atom. The maximum absolute atomic E-state index is 13.4. The molecule has 5 rings (SSSR count). The van der Waals surface area contributed by atoms with E-state index in [1.54, 1.807) is 11.8 Å². The number of piperidine rings is 2. The van der Waals surface area contributed by atoms with Crippen LogP contribution in [0.2, 0.25) is 5.02 Å². The summed E-state index contributed by atoms with van der Waals surface area (Å²) in [6.07, 6.45) is 4.61. The number of hydrogen-bond donors (Lipinski definition) is 3. The van der Waals surface area contributed by atoms with Gasteiger partial charge in [0.1, 0.15) is 0 Å². The van der Waals surface area contributed by atoms with Gasteiger partial charge in [-0.05, 0) is 80.8 Å². The van der Waals surface area contributed by atoms with E-state index in [0.29, 0.717) is 56.9 Å². The van der Waals surface area contributed by atoms with Crippen molar-refractivity contribution in [3.05, 3.63) is 107 Å². The van der Waals surface area contributed by atoms with Crippen molar-refractivity contribution in [2.75, 3.05) is 45.9 Å². The standard InChI is InChI=1S/C40H51ClN4O5/c1-2-50-37(47)19-18-36(46)45-26-20-35(21-27-45)43-38(48)42-30-39(31-10-5-3-6-11-31,32-12-7-4-8-13-32)22-9-25-44-28-23-40(49,24-29-44)33-14-16-34(41)17-15-33/h3-8,10-17,35,49H,2,9,18-30H2,1H3,(H2,42,43,48). The van der Waals surface area contributed by atoms with E-state index in [4.69, 9.17) is 16.3 Å². The van der Waals surface area contributed by atoms with E-state index >= 15 is 0 Å². The molecule has 0 atom stereocenters. The predicted molar refractivity (Wildman–Crippen MR) is 196 cm³/mol. The van der Waals surface area contributed by atoms with Crippen molar-refractivity contribution in [1.29, 1.82) is 0 Å². The summed E-state index contributed by atoms with van der Waals surface area (Å²) < 4.78 is 4.94. The Labute approximate surface area is 301 Å². The number of urea groups is 1. The van der Waals surface area contributed by atoms with Crippen molar-refractivity contribution in [2.45, 2.75) is 75.3 Å². The molecule has 0 unspecified atom stereocenters. The number of carbonyl (C=O) groups excluding carboxylic acids is 3. The van der Waals surface area contributed by atoms with Crippen LogP contribution in [0.15, 0.2) is 84.9 Å². The van der Waals surface area contributed by atoms with Gasteiger partial charge in [-0.25, -0.2) is 4.79 Å². The third-order valence-electron chi connectivity index (χ3n) is 10.4. The van der Waals surface area contributed by atoms with Crippen LogP contribution in [0.1, 0.15) is 75.0 Å². The van der Waals surface area contributed by atoms with Gasteiger partial charge in [0.2, 0.25) is 5.91 Å². The molecule has 0 aromatic heterocycles. The Hall–Kier alpha value is -3.92. The summed E-state index contributed by atoms with van der Waals surface area (Å²) in [7, 11) is 0. The molecule has 3 aromatic rings. The number of ether oxygens (including phenoxy) is 1. The second-order valence-electron chi connectivity index (χ2n) is 13.6. The number of halogens is 1. The lowest BCUT2D eigenvalue weighted by Gasteiger charge is -2.40. The zero-order chi connectivity index (χ0) is 35.4. The molecular formula is C40H51ClN4O5. The lowest BCUT2D eigenvalue weighted by molar-refractivity contribution is -0.145. The lowest BCUT2D eigenvalue weighted by Crippen LogP contribution is -2.51. The summed E-state index contributed by atoms with van der Waals surface area (Å²) >= 11 is 6.08. The number of benzene rings is 3. The van der Waals surface area contributed by atoms with Crippen molar-refractivity contribution in [2.24, 2.45) is 0 Å². The molecule has 0 bridgehead atoms. The molecule has 2 aliphatic heterocycles. The number of hydrogen-bond acceptors (Lipinski definition) is 6. The van der Waals surface area contributed by atoms with Gasteiger partial charge in [-0.15, -0.1) is 0 Å². The van der Waals surface area contributed by atoms with Crippen LogP contribution >= 0.6 is 11.6 Å². The second-order valence-corrected chi connectivity index (χ2v) is 14.0. The monoisotopic (exact) mass is 702 g/mol. The fourth-order valence-electron chi connectivity index (χ4n) is 7.40. The van der Waals surface area contributed by atoms with Crippen molar-refractivity contribution < 1.29 is 24.2 Å². The van der Waals surface area contributed by atoms with Crippen LogP contribution in [0.4, 0.5) is 4.79 Å². The highest BCUT2D eigenvalue weighted by Gasteiger charge is 2.37. The number of rotatable bonds is 14. The molecule has 268 valence electrons. The van der Waals surface area contributed by atoms with E-state index in [1.165, 1.54) is 0 Å². The maximum atomic E-state index is 13.4. The first kappa shape index (κ1) is 37.3. The third kappa shape index (κ3) is 9.86. The van der Waals surface area contributed by atoms with Crippen molar-refractivity contribution in [3.8, 4) is 0 Å². The van der Waals surface area contributed by atoms with Crippen molar-refractivity contribution in [1.82, 2.24) is 20.4 Å². The lowest BCUT2D eigenvalue weighted by atomic mass is 9.71. The van der Waals surface area contributed by atoms with Crippen LogP contribution in [0.25, 0.3) is 0 Å². The van der Waals surface area contributed by atoms with Gasteiger partial charge in [-0.3, -0.25) is 9.59 Å². The quantitative estimate of drug-likeness (QED) is 0.177. The fraction of sp³-hybridized carbons (Fsp3) is 0.475. The first-order chi connectivity index (χ1) is 24.2. The van der Waals surface area contributed by atoms with E-state index in [1.807, 2.05) is 36.4 Å². The summed E-state index contributed by atoms with van der Waals surface area (Å²) in [6, 6.07) is 28.1. The normalized spacial score (nSPS) is 16.8. The average molecular weight is 703 g/mol. The second kappa shape index (κ2) is 17.8. The Balaban J connectivity index is 1.18. The number of likely N-dealkylation sites (tertiary alicyclic amines) is 2. The smallest absolute Gasteiger partial charge is 0.315 e. The molecule has 2 fully saturated rings. The van der Waals surface area contributed by atoms with Gasteiger partial charge in [0.15, 0.2) is 0 Å². The molecule has 0 spiro atoms. The summed E-state index contributed by atoms with van der Waals surface area (Å²) in [5.74, 6) is -0.413. The minimum atomic E-state index is -0.841. The predicted octanol–water partition coefficient (Wildman–Crippen LogP) is 6.02. The van der Waals surface area contributed by atoms with E-state index in [-0.39, 0.29) is 36.8 Å². The van der Waals surface area contributed by atoms with E-state index < -0.39 is 11.0 Å². The molecule has 0 aliphatic carbocycles. The number of nitrogens with zero attached hydrogens (tertiary/aromatic N) is 2. The molecule has 3 N–H and O–H groups in total. The third-order valence-corrected chi connectivity index (χ3v) is 10.6. The number of aliphatic hydroxyl groups is 1. The van der Waals surface area contributed by atoms with Gasteiger partial charge in [0, 0.05) is 55.6 Å². The molecule has 0 saturated carbocycles. The van der Waals surface area contributed by atoms with Gasteiger partial charge in [0.05, 0.1) is 18.6 Å². The molecule has 2 heterocycles. The van der Waals surface area contributed by atoms with E-state index in [2.05, 4.69) is 64.1 Å². The summed E-state index contributed by atoms with van der Waals surface area (Å²) in [5, 5.41) is 18.4. The van der Waals surface area contributed by atoms with Gasteiger partial charge >= 0.3 is 12.0 Å². The fourth-order valence-corrected chi connectivity index (χ4v) is 7.53. The number of carbonyl (C=O) groups is 3. The minimum absolute atomic E-state index is 0.0439. The molecule has 2 aliphatic rings. The number of nitrogens with one attached hydrogen (secondary N) is 2. The molecule has 50 heavy (non-hydrogen) atoms. The number of esters is 1. The van der Waals surface area contributed by atoms with Gasteiger partial charge in [0.25, 0.3) is 0 Å².